The minimum Gasteiger partial charge on any atom is -0.510 e. The first-order valence-corrected chi connectivity index (χ1v) is 4.43. The number of nitrogens with one attached hydrogen (secondary N) is 1. The van der Waals surface area contributed by atoms with E-state index in [9.17, 15) is 5.11 Å². The molecular weight excluding hydrogens is 162 g/mol. The standard InChI is InChI=1S/C11H13NO/c1-11(10(13)7-8-12-11)9-5-3-2-4-6-9/h2-7,12-13H,8H2,1H3/t11-/m1/s1. The summed E-state index contributed by atoms with van der Waals surface area (Å²) in [4.78, 5) is 0. The zero-order valence-electron chi connectivity index (χ0n) is 7.62. The van der Waals surface area contributed by atoms with Gasteiger partial charge in [0.25, 0.3) is 0 Å². The summed E-state index contributed by atoms with van der Waals surface area (Å²) in [6, 6.07) is 9.97. The Labute approximate surface area is 77.9 Å². The normalized spacial score (nSPS) is 27.3. The van der Waals surface area contributed by atoms with Gasteiger partial charge in [0.15, 0.2) is 0 Å². The van der Waals surface area contributed by atoms with E-state index < -0.39 is 0 Å². The molecule has 1 atom stereocenters. The van der Waals surface area contributed by atoms with Crippen molar-refractivity contribution in [3.05, 3.63) is 47.7 Å². The van der Waals surface area contributed by atoms with Gasteiger partial charge in [0, 0.05) is 6.54 Å². The van der Waals surface area contributed by atoms with Crippen LogP contribution in [0.5, 0.6) is 0 Å². The summed E-state index contributed by atoms with van der Waals surface area (Å²) in [5, 5.41) is 13.0. The Morgan fingerprint density at radius 1 is 1.31 bits per heavy atom. The molecule has 2 nitrogen and oxygen atoms in total. The van der Waals surface area contributed by atoms with Gasteiger partial charge in [0.1, 0.15) is 5.76 Å². The van der Waals surface area contributed by atoms with Gasteiger partial charge in [-0.1, -0.05) is 30.3 Å². The number of aliphatic hydroxyl groups is 1. The highest BCUT2D eigenvalue weighted by Crippen LogP contribution is 2.29. The fraction of sp³-hybridized carbons (Fsp3) is 0.273. The summed E-state index contributed by atoms with van der Waals surface area (Å²) in [6.07, 6.45) is 1.81. The van der Waals surface area contributed by atoms with E-state index in [0.717, 1.165) is 12.1 Å². The maximum absolute atomic E-state index is 9.70. The van der Waals surface area contributed by atoms with Crippen molar-refractivity contribution in [2.45, 2.75) is 12.5 Å². The first kappa shape index (κ1) is 8.32. The van der Waals surface area contributed by atoms with Gasteiger partial charge in [0.2, 0.25) is 0 Å². The van der Waals surface area contributed by atoms with Crippen LogP contribution < -0.4 is 5.32 Å². The molecule has 1 heterocycles. The lowest BCUT2D eigenvalue weighted by molar-refractivity contribution is 0.296. The summed E-state index contributed by atoms with van der Waals surface area (Å²) in [6.45, 7) is 2.72. The number of hydrogen-bond acceptors (Lipinski definition) is 2. The highest BCUT2D eigenvalue weighted by atomic mass is 16.3. The van der Waals surface area contributed by atoms with Crippen molar-refractivity contribution in [3.8, 4) is 0 Å². The molecule has 0 spiro atoms. The molecular formula is C11H13NO. The maximum atomic E-state index is 9.70. The second kappa shape index (κ2) is 2.89. The molecule has 2 N–H and O–H groups in total. The van der Waals surface area contributed by atoms with Crippen molar-refractivity contribution in [1.29, 1.82) is 0 Å². The Kier molecular flexibility index (Phi) is 1.85. The zero-order valence-corrected chi connectivity index (χ0v) is 7.62. The van der Waals surface area contributed by atoms with Crippen molar-refractivity contribution < 1.29 is 5.11 Å². The van der Waals surface area contributed by atoms with Gasteiger partial charge in [-0.15, -0.1) is 0 Å². The monoisotopic (exact) mass is 175 g/mol. The summed E-state index contributed by atoms with van der Waals surface area (Å²) in [5.74, 6) is 0.415. The molecule has 2 heteroatoms. The molecule has 1 aliphatic heterocycles. The average molecular weight is 175 g/mol. The molecule has 0 amide bonds. The molecule has 1 aromatic carbocycles. The Balaban J connectivity index is 2.41. The first-order chi connectivity index (χ1) is 6.23. The molecule has 0 bridgehead atoms. The summed E-state index contributed by atoms with van der Waals surface area (Å²) in [7, 11) is 0. The topological polar surface area (TPSA) is 32.3 Å². The third-order valence-corrected chi connectivity index (χ3v) is 2.61. The van der Waals surface area contributed by atoms with Crippen LogP contribution in [0.4, 0.5) is 0 Å². The van der Waals surface area contributed by atoms with Crippen LogP contribution in [-0.2, 0) is 5.54 Å². The van der Waals surface area contributed by atoms with E-state index >= 15 is 0 Å². The summed E-state index contributed by atoms with van der Waals surface area (Å²) >= 11 is 0. The predicted molar refractivity (Wildman–Crippen MR) is 52.5 cm³/mol. The molecule has 0 fully saturated rings. The second-order valence-electron chi connectivity index (χ2n) is 3.46. The molecule has 68 valence electrons. The van der Waals surface area contributed by atoms with E-state index in [-0.39, 0.29) is 5.54 Å². The van der Waals surface area contributed by atoms with Gasteiger partial charge in [-0.05, 0) is 18.6 Å². The van der Waals surface area contributed by atoms with Gasteiger partial charge in [-0.2, -0.15) is 0 Å². The molecule has 1 aromatic rings. The van der Waals surface area contributed by atoms with Crippen molar-refractivity contribution in [2.24, 2.45) is 0 Å². The van der Waals surface area contributed by atoms with Crippen LogP contribution >= 0.6 is 0 Å². The number of hydrogen-bond donors (Lipinski definition) is 2. The van der Waals surface area contributed by atoms with Crippen molar-refractivity contribution >= 4 is 0 Å². The third-order valence-electron chi connectivity index (χ3n) is 2.61. The largest absolute Gasteiger partial charge is 0.510 e. The molecule has 1 aliphatic rings. The highest BCUT2D eigenvalue weighted by molar-refractivity contribution is 5.34. The average Bonchev–Trinajstić information content (AvgIpc) is 2.50. The lowest BCUT2D eigenvalue weighted by Crippen LogP contribution is -2.36. The lowest BCUT2D eigenvalue weighted by Gasteiger charge is -2.25. The van der Waals surface area contributed by atoms with Gasteiger partial charge >= 0.3 is 0 Å². The van der Waals surface area contributed by atoms with E-state index in [2.05, 4.69) is 5.32 Å². The van der Waals surface area contributed by atoms with E-state index in [1.54, 1.807) is 0 Å². The molecule has 2 rings (SSSR count). The minimum atomic E-state index is -0.388. The maximum Gasteiger partial charge on any atom is 0.114 e. The number of aliphatic hydroxyl groups excluding tert-OH is 1. The van der Waals surface area contributed by atoms with Crippen LogP contribution in [0.3, 0.4) is 0 Å². The first-order valence-electron chi connectivity index (χ1n) is 4.43. The van der Waals surface area contributed by atoms with Crippen LogP contribution in [0.25, 0.3) is 0 Å². The van der Waals surface area contributed by atoms with Gasteiger partial charge in [0.05, 0.1) is 5.54 Å². The fourth-order valence-corrected chi connectivity index (χ4v) is 1.67. The third kappa shape index (κ3) is 1.23. The molecule has 0 saturated heterocycles. The molecule has 0 unspecified atom stereocenters. The molecule has 0 radical (unpaired) electrons. The van der Waals surface area contributed by atoms with E-state index in [0.29, 0.717) is 5.76 Å². The number of benzene rings is 1. The highest BCUT2D eigenvalue weighted by Gasteiger charge is 2.33. The van der Waals surface area contributed by atoms with Crippen molar-refractivity contribution in [1.82, 2.24) is 5.32 Å². The van der Waals surface area contributed by atoms with Crippen LogP contribution in [0.2, 0.25) is 0 Å². The number of rotatable bonds is 1. The SMILES string of the molecule is C[C@]1(c2ccccc2)NCC=C1O. The van der Waals surface area contributed by atoms with Gasteiger partial charge in [-0.3, -0.25) is 5.32 Å². The minimum absolute atomic E-state index is 0.388. The Morgan fingerprint density at radius 3 is 2.54 bits per heavy atom. The van der Waals surface area contributed by atoms with E-state index in [1.807, 2.05) is 43.3 Å². The van der Waals surface area contributed by atoms with Crippen LogP contribution in [0, 0.1) is 0 Å². The Morgan fingerprint density at radius 2 is 2.00 bits per heavy atom. The zero-order chi connectivity index (χ0) is 9.31. The van der Waals surface area contributed by atoms with Gasteiger partial charge < -0.3 is 5.11 Å². The quantitative estimate of drug-likeness (QED) is 0.683. The van der Waals surface area contributed by atoms with Gasteiger partial charge in [-0.25, -0.2) is 0 Å². The lowest BCUT2D eigenvalue weighted by atomic mass is 9.92. The summed E-state index contributed by atoms with van der Waals surface area (Å²) < 4.78 is 0. The van der Waals surface area contributed by atoms with Crippen LogP contribution in [0.1, 0.15) is 12.5 Å². The van der Waals surface area contributed by atoms with Crippen molar-refractivity contribution in [3.63, 3.8) is 0 Å². The predicted octanol–water partition coefficient (Wildman–Crippen LogP) is 1.95. The second-order valence-corrected chi connectivity index (χ2v) is 3.46. The molecule has 0 aromatic heterocycles. The fourth-order valence-electron chi connectivity index (χ4n) is 1.67. The molecule has 13 heavy (non-hydrogen) atoms. The van der Waals surface area contributed by atoms with E-state index in [4.69, 9.17) is 0 Å². The Hall–Kier alpha value is -1.28. The van der Waals surface area contributed by atoms with Crippen molar-refractivity contribution in [2.75, 3.05) is 6.54 Å². The molecule has 0 saturated carbocycles. The van der Waals surface area contributed by atoms with Crippen LogP contribution in [-0.4, -0.2) is 11.7 Å². The smallest absolute Gasteiger partial charge is 0.114 e. The summed E-state index contributed by atoms with van der Waals surface area (Å²) in [5.41, 5.74) is 0.711. The molecule has 0 aliphatic carbocycles. The van der Waals surface area contributed by atoms with Crippen LogP contribution in [0.15, 0.2) is 42.2 Å². The van der Waals surface area contributed by atoms with E-state index in [1.165, 1.54) is 0 Å². The Bertz CT molecular complexity index is 331.